The minimum Gasteiger partial charge on any atom is -0.409 e. The van der Waals surface area contributed by atoms with Crippen LogP contribution < -0.4 is 11.1 Å². The molecule has 2 rings (SSSR count). The average molecular weight is 283 g/mol. The first-order valence-electron chi connectivity index (χ1n) is 6.20. The second kappa shape index (κ2) is 5.44. The summed E-state index contributed by atoms with van der Waals surface area (Å²) in [6.07, 6.45) is 1.83. The van der Waals surface area contributed by atoms with Crippen molar-refractivity contribution in [3.63, 3.8) is 0 Å². The zero-order valence-electron chi connectivity index (χ0n) is 10.7. The highest BCUT2D eigenvalue weighted by atomic mass is 19.2. The fraction of sp³-hybridized carbons (Fsp3) is 0.385. The van der Waals surface area contributed by atoms with Gasteiger partial charge in [-0.25, -0.2) is 8.78 Å². The summed E-state index contributed by atoms with van der Waals surface area (Å²) in [5.74, 6) is -2.39. The number of nitrogens with zero attached hydrogens (tertiary/aromatic N) is 1. The molecule has 0 saturated heterocycles. The number of nitrogens with one attached hydrogen (secondary N) is 1. The molecular weight excluding hydrogens is 268 g/mol. The van der Waals surface area contributed by atoms with Crippen molar-refractivity contribution in [2.45, 2.75) is 25.8 Å². The molecule has 1 aliphatic carbocycles. The molecule has 4 N–H and O–H groups in total. The van der Waals surface area contributed by atoms with Crippen LogP contribution in [0.25, 0.3) is 0 Å². The maximum atomic E-state index is 13.0. The smallest absolute Gasteiger partial charge is 0.234 e. The number of hydrogen-bond donors (Lipinski definition) is 3. The summed E-state index contributed by atoms with van der Waals surface area (Å²) in [6, 6.07) is 3.40. The molecular formula is C13H15F2N3O2. The van der Waals surface area contributed by atoms with Crippen molar-refractivity contribution in [2.75, 3.05) is 0 Å². The SMILES string of the molecule is N/C(=N/O)C1(C(=O)NCc2ccc(F)c(F)c2)CCC1. The Hall–Kier alpha value is -2.18. The van der Waals surface area contributed by atoms with Crippen molar-refractivity contribution in [1.29, 1.82) is 0 Å². The molecule has 0 spiro atoms. The third-order valence-electron chi connectivity index (χ3n) is 3.68. The van der Waals surface area contributed by atoms with E-state index in [9.17, 15) is 13.6 Å². The Kier molecular flexibility index (Phi) is 3.87. The van der Waals surface area contributed by atoms with Gasteiger partial charge in [-0.2, -0.15) is 0 Å². The molecule has 0 aromatic heterocycles. The largest absolute Gasteiger partial charge is 0.409 e. The Labute approximate surface area is 114 Å². The molecule has 0 atom stereocenters. The van der Waals surface area contributed by atoms with Crippen LogP contribution in [0, 0.1) is 17.0 Å². The molecule has 1 aromatic rings. The average Bonchev–Trinajstić information content (AvgIpc) is 2.38. The Morgan fingerprint density at radius 3 is 2.60 bits per heavy atom. The molecule has 0 aliphatic heterocycles. The Morgan fingerprint density at radius 1 is 1.40 bits per heavy atom. The second-order valence-electron chi connectivity index (χ2n) is 4.85. The number of halogens is 2. The summed E-state index contributed by atoms with van der Waals surface area (Å²) in [7, 11) is 0. The van der Waals surface area contributed by atoms with Gasteiger partial charge in [0.2, 0.25) is 5.91 Å². The highest BCUT2D eigenvalue weighted by molar-refractivity contribution is 6.07. The summed E-state index contributed by atoms with van der Waals surface area (Å²) in [4.78, 5) is 12.1. The molecule has 5 nitrogen and oxygen atoms in total. The zero-order chi connectivity index (χ0) is 14.8. The van der Waals surface area contributed by atoms with Gasteiger partial charge >= 0.3 is 0 Å². The van der Waals surface area contributed by atoms with E-state index in [1.54, 1.807) is 0 Å². The fourth-order valence-corrected chi connectivity index (χ4v) is 2.23. The predicted octanol–water partition coefficient (Wildman–Crippen LogP) is 1.50. The molecule has 1 saturated carbocycles. The quantitative estimate of drug-likeness (QED) is 0.338. The van der Waals surface area contributed by atoms with Crippen LogP contribution in [0.2, 0.25) is 0 Å². The molecule has 0 heterocycles. The van der Waals surface area contributed by atoms with Crippen molar-refractivity contribution in [2.24, 2.45) is 16.3 Å². The number of amides is 1. The maximum Gasteiger partial charge on any atom is 0.234 e. The number of carbonyl (C=O) groups is 1. The number of amidine groups is 1. The first-order valence-corrected chi connectivity index (χ1v) is 6.20. The van der Waals surface area contributed by atoms with Crippen LogP contribution >= 0.6 is 0 Å². The number of benzene rings is 1. The van der Waals surface area contributed by atoms with Crippen LogP contribution in [0.1, 0.15) is 24.8 Å². The number of nitrogens with two attached hydrogens (primary N) is 1. The van der Waals surface area contributed by atoms with Crippen LogP contribution in [-0.4, -0.2) is 17.0 Å². The molecule has 1 aromatic carbocycles. The standard InChI is InChI=1S/C13H15F2N3O2/c14-9-3-2-8(6-10(9)15)7-17-12(19)13(4-1-5-13)11(16)18-20/h2-3,6,20H,1,4-5,7H2,(H2,16,18)(H,17,19). The Morgan fingerprint density at radius 2 is 2.10 bits per heavy atom. The molecule has 0 radical (unpaired) electrons. The summed E-state index contributed by atoms with van der Waals surface area (Å²) >= 11 is 0. The van der Waals surface area contributed by atoms with E-state index in [1.807, 2.05) is 0 Å². The Balaban J connectivity index is 2.03. The van der Waals surface area contributed by atoms with Gasteiger partial charge < -0.3 is 16.3 Å². The van der Waals surface area contributed by atoms with Crippen LogP contribution in [0.4, 0.5) is 8.78 Å². The van der Waals surface area contributed by atoms with Crippen LogP contribution in [0.3, 0.4) is 0 Å². The van der Waals surface area contributed by atoms with E-state index in [2.05, 4.69) is 10.5 Å². The van der Waals surface area contributed by atoms with Gasteiger partial charge in [-0.1, -0.05) is 17.6 Å². The monoisotopic (exact) mass is 283 g/mol. The van der Waals surface area contributed by atoms with Gasteiger partial charge in [-0.05, 0) is 30.5 Å². The van der Waals surface area contributed by atoms with Crippen molar-refractivity contribution in [1.82, 2.24) is 5.32 Å². The van der Waals surface area contributed by atoms with Gasteiger partial charge in [-0.15, -0.1) is 0 Å². The van der Waals surface area contributed by atoms with E-state index in [4.69, 9.17) is 10.9 Å². The zero-order valence-corrected chi connectivity index (χ0v) is 10.7. The first kappa shape index (κ1) is 14.2. The van der Waals surface area contributed by atoms with E-state index < -0.39 is 17.0 Å². The van der Waals surface area contributed by atoms with E-state index in [-0.39, 0.29) is 18.3 Å². The van der Waals surface area contributed by atoms with Crippen LogP contribution in [0.15, 0.2) is 23.4 Å². The number of carbonyl (C=O) groups excluding carboxylic acids is 1. The molecule has 7 heteroatoms. The molecule has 0 bridgehead atoms. The van der Waals surface area contributed by atoms with E-state index >= 15 is 0 Å². The van der Waals surface area contributed by atoms with Crippen LogP contribution in [-0.2, 0) is 11.3 Å². The molecule has 108 valence electrons. The summed E-state index contributed by atoms with van der Waals surface area (Å²) in [6.45, 7) is 0.0521. The highest BCUT2D eigenvalue weighted by Crippen LogP contribution is 2.41. The van der Waals surface area contributed by atoms with Gasteiger partial charge in [0.1, 0.15) is 5.41 Å². The van der Waals surface area contributed by atoms with Gasteiger partial charge in [0.25, 0.3) is 0 Å². The minimum atomic E-state index is -0.979. The predicted molar refractivity (Wildman–Crippen MR) is 67.9 cm³/mol. The first-order chi connectivity index (χ1) is 9.49. The topological polar surface area (TPSA) is 87.7 Å². The fourth-order valence-electron chi connectivity index (χ4n) is 2.23. The minimum absolute atomic E-state index is 0.0521. The van der Waals surface area contributed by atoms with Crippen molar-refractivity contribution >= 4 is 11.7 Å². The summed E-state index contributed by atoms with van der Waals surface area (Å²) in [5.41, 5.74) is 5.01. The molecule has 1 amide bonds. The van der Waals surface area contributed by atoms with Gasteiger partial charge in [0.05, 0.1) is 0 Å². The lowest BCUT2D eigenvalue weighted by molar-refractivity contribution is -0.131. The lowest BCUT2D eigenvalue weighted by Crippen LogP contribution is -2.53. The number of hydrogen-bond acceptors (Lipinski definition) is 3. The number of rotatable bonds is 4. The van der Waals surface area contributed by atoms with E-state index in [0.29, 0.717) is 18.4 Å². The number of oxime groups is 1. The third-order valence-corrected chi connectivity index (χ3v) is 3.68. The molecule has 20 heavy (non-hydrogen) atoms. The third kappa shape index (κ3) is 2.43. The van der Waals surface area contributed by atoms with Gasteiger partial charge in [0.15, 0.2) is 17.5 Å². The molecule has 1 aliphatic rings. The summed E-state index contributed by atoms with van der Waals surface area (Å²) in [5, 5.41) is 14.2. The highest BCUT2D eigenvalue weighted by Gasteiger charge is 2.48. The molecule has 1 fully saturated rings. The van der Waals surface area contributed by atoms with E-state index in [1.165, 1.54) is 6.07 Å². The normalized spacial score (nSPS) is 17.4. The van der Waals surface area contributed by atoms with Crippen molar-refractivity contribution < 1.29 is 18.8 Å². The lowest BCUT2D eigenvalue weighted by atomic mass is 9.67. The van der Waals surface area contributed by atoms with Gasteiger partial charge in [-0.3, -0.25) is 4.79 Å². The van der Waals surface area contributed by atoms with Crippen LogP contribution in [0.5, 0.6) is 0 Å². The van der Waals surface area contributed by atoms with Crippen molar-refractivity contribution in [3.8, 4) is 0 Å². The Bertz CT molecular complexity index is 557. The second-order valence-corrected chi connectivity index (χ2v) is 4.85. The lowest BCUT2D eigenvalue weighted by Gasteiger charge is -2.38. The van der Waals surface area contributed by atoms with Crippen molar-refractivity contribution in [3.05, 3.63) is 35.4 Å². The van der Waals surface area contributed by atoms with Gasteiger partial charge in [0, 0.05) is 6.54 Å². The summed E-state index contributed by atoms with van der Waals surface area (Å²) < 4.78 is 25.8. The van der Waals surface area contributed by atoms with E-state index in [0.717, 1.165) is 18.6 Å². The molecule has 0 unspecified atom stereocenters. The maximum absolute atomic E-state index is 13.0.